The molecule has 1 heterocycles. The molecule has 0 amide bonds. The van der Waals surface area contributed by atoms with E-state index in [2.05, 4.69) is 21.0 Å². The quantitative estimate of drug-likeness (QED) is 0.290. The number of rotatable bonds is 9. The van der Waals surface area contributed by atoms with Crippen LogP contribution in [-0.2, 0) is 4.84 Å². The van der Waals surface area contributed by atoms with E-state index in [1.54, 1.807) is 14.2 Å². The molecule has 0 spiro atoms. The Morgan fingerprint density at radius 2 is 1.79 bits per heavy atom. The predicted octanol–water partition coefficient (Wildman–Crippen LogP) is 4.68. The first-order valence-corrected chi connectivity index (χ1v) is 11.3. The van der Waals surface area contributed by atoms with E-state index in [4.69, 9.17) is 25.5 Å². The first kappa shape index (κ1) is 23.5. The smallest absolute Gasteiger partial charge is 0.194 e. The van der Waals surface area contributed by atoms with Crippen molar-refractivity contribution in [3.05, 3.63) is 41.5 Å². The zero-order valence-electron chi connectivity index (χ0n) is 20.6. The molecule has 1 N–H and O–H groups in total. The minimum absolute atomic E-state index is 0.598. The molecule has 178 valence electrons. The lowest BCUT2D eigenvalue weighted by atomic mass is 10.0. The molecule has 1 aromatic heterocycles. The van der Waals surface area contributed by atoms with Crippen LogP contribution in [-0.4, -0.2) is 62.7 Å². The normalized spacial score (nSPS) is 15.1. The molecule has 1 aliphatic rings. The topological polar surface area (TPSA) is 68.3 Å². The van der Waals surface area contributed by atoms with Crippen LogP contribution in [0.5, 0.6) is 17.2 Å². The summed E-state index contributed by atoms with van der Waals surface area (Å²) in [7, 11) is 7.29. The fraction of sp³-hybridized carbons (Fsp3) is 0.370. The highest BCUT2D eigenvalue weighted by atomic mass is 16.6. The zero-order valence-corrected chi connectivity index (χ0v) is 20.6. The molecule has 7 heteroatoms. The predicted molar refractivity (Wildman–Crippen MR) is 135 cm³/mol. The van der Waals surface area contributed by atoms with E-state index < -0.39 is 5.60 Å². The summed E-state index contributed by atoms with van der Waals surface area (Å²) in [5.74, 6) is 4.76. The van der Waals surface area contributed by atoms with Crippen molar-refractivity contribution in [3.8, 4) is 40.8 Å². The van der Waals surface area contributed by atoms with Crippen molar-refractivity contribution in [1.82, 2.24) is 9.88 Å². The van der Waals surface area contributed by atoms with Gasteiger partial charge in [0.05, 0.1) is 19.9 Å². The molecule has 0 bridgehead atoms. The standard InChI is InChI=1S/C27H31N3O4/c1-8-27(3,9-2)34-29-26-19-16-23(32-7)22(31-6)15-18(19)25-24(26)20-14-17(10-11-21(20)28-25)33-13-12-30(4)5/h1,10-11,14-16,28H,9,12-13H2,2-7H3. The van der Waals surface area contributed by atoms with Crippen LogP contribution in [0.2, 0.25) is 0 Å². The Kier molecular flexibility index (Phi) is 6.45. The molecule has 0 radical (unpaired) electrons. The number of nitrogens with one attached hydrogen (secondary N) is 1. The minimum Gasteiger partial charge on any atom is -0.493 e. The van der Waals surface area contributed by atoms with Crippen LogP contribution < -0.4 is 14.2 Å². The van der Waals surface area contributed by atoms with Crippen LogP contribution in [0.15, 0.2) is 35.5 Å². The van der Waals surface area contributed by atoms with Gasteiger partial charge in [0.2, 0.25) is 0 Å². The van der Waals surface area contributed by atoms with E-state index in [0.717, 1.165) is 45.6 Å². The summed E-state index contributed by atoms with van der Waals surface area (Å²) in [5, 5.41) is 5.59. The first-order chi connectivity index (χ1) is 16.3. The molecule has 0 fully saturated rings. The molecule has 0 saturated carbocycles. The number of terminal acetylenes is 1. The lowest BCUT2D eigenvalue weighted by Crippen LogP contribution is -2.23. The van der Waals surface area contributed by atoms with Crippen molar-refractivity contribution in [2.45, 2.75) is 25.9 Å². The van der Waals surface area contributed by atoms with Gasteiger partial charge in [0, 0.05) is 34.1 Å². The Bertz CT molecular complexity index is 1290. The Labute approximate surface area is 200 Å². The number of benzene rings is 2. The fourth-order valence-corrected chi connectivity index (χ4v) is 3.91. The van der Waals surface area contributed by atoms with E-state index in [0.29, 0.717) is 30.2 Å². The average Bonchev–Trinajstić information content (AvgIpc) is 3.35. The van der Waals surface area contributed by atoms with Crippen LogP contribution in [0.1, 0.15) is 31.4 Å². The van der Waals surface area contributed by atoms with Crippen molar-refractivity contribution in [2.75, 3.05) is 41.5 Å². The van der Waals surface area contributed by atoms with Crippen LogP contribution >= 0.6 is 0 Å². The number of aromatic amines is 1. The Morgan fingerprint density at radius 3 is 2.41 bits per heavy atom. The van der Waals surface area contributed by atoms with Crippen LogP contribution in [0.25, 0.3) is 22.2 Å². The summed E-state index contributed by atoms with van der Waals surface area (Å²) in [4.78, 5) is 11.6. The van der Waals surface area contributed by atoms with Gasteiger partial charge in [-0.05, 0) is 57.8 Å². The summed E-state index contributed by atoms with van der Waals surface area (Å²) >= 11 is 0. The molecule has 1 aliphatic carbocycles. The molecule has 2 aromatic carbocycles. The minimum atomic E-state index is -0.807. The van der Waals surface area contributed by atoms with E-state index in [-0.39, 0.29) is 0 Å². The van der Waals surface area contributed by atoms with E-state index >= 15 is 0 Å². The molecule has 1 unspecified atom stereocenters. The second kappa shape index (κ2) is 9.32. The molecule has 4 rings (SSSR count). The van der Waals surface area contributed by atoms with E-state index in [1.165, 1.54) is 0 Å². The number of ether oxygens (including phenoxy) is 3. The molecule has 3 aromatic rings. The van der Waals surface area contributed by atoms with Crippen molar-refractivity contribution in [3.63, 3.8) is 0 Å². The van der Waals surface area contributed by atoms with E-state index in [1.807, 2.05) is 58.3 Å². The highest BCUT2D eigenvalue weighted by Crippen LogP contribution is 2.46. The number of hydrogen-bond donors (Lipinski definition) is 1. The molecular formula is C27H31N3O4. The third-order valence-corrected chi connectivity index (χ3v) is 6.18. The van der Waals surface area contributed by atoms with Crippen molar-refractivity contribution >= 4 is 16.6 Å². The summed E-state index contributed by atoms with van der Waals surface area (Å²) in [6, 6.07) is 9.91. The number of aromatic nitrogens is 1. The second-order valence-corrected chi connectivity index (χ2v) is 8.75. The van der Waals surface area contributed by atoms with Gasteiger partial charge < -0.3 is 28.9 Å². The number of oxime groups is 1. The van der Waals surface area contributed by atoms with Gasteiger partial charge in [-0.25, -0.2) is 0 Å². The number of H-pyrrole nitrogens is 1. The first-order valence-electron chi connectivity index (χ1n) is 11.3. The van der Waals surface area contributed by atoms with Crippen LogP contribution in [0, 0.1) is 12.3 Å². The molecule has 0 saturated heterocycles. The van der Waals surface area contributed by atoms with Gasteiger partial charge in [0.25, 0.3) is 0 Å². The third-order valence-electron chi connectivity index (χ3n) is 6.18. The summed E-state index contributed by atoms with van der Waals surface area (Å²) in [6.07, 6.45) is 6.35. The Morgan fingerprint density at radius 1 is 1.09 bits per heavy atom. The van der Waals surface area contributed by atoms with Gasteiger partial charge in [-0.3, -0.25) is 0 Å². The van der Waals surface area contributed by atoms with Crippen molar-refractivity contribution in [2.24, 2.45) is 5.16 Å². The summed E-state index contributed by atoms with van der Waals surface area (Å²) < 4.78 is 17.1. The molecule has 34 heavy (non-hydrogen) atoms. The molecule has 0 aliphatic heterocycles. The van der Waals surface area contributed by atoms with Gasteiger partial charge in [0.1, 0.15) is 18.1 Å². The van der Waals surface area contributed by atoms with Crippen molar-refractivity contribution in [1.29, 1.82) is 0 Å². The fourth-order valence-electron chi connectivity index (χ4n) is 3.91. The lowest BCUT2D eigenvalue weighted by molar-refractivity contribution is 0.0150. The Balaban J connectivity index is 1.87. The van der Waals surface area contributed by atoms with Crippen LogP contribution in [0.3, 0.4) is 0 Å². The maximum Gasteiger partial charge on any atom is 0.194 e. The molecule has 1 atom stereocenters. The van der Waals surface area contributed by atoms with Crippen LogP contribution in [0.4, 0.5) is 0 Å². The molecular weight excluding hydrogens is 430 g/mol. The maximum atomic E-state index is 6.00. The number of nitrogens with zero attached hydrogens (tertiary/aromatic N) is 2. The largest absolute Gasteiger partial charge is 0.493 e. The maximum absolute atomic E-state index is 6.00. The molecule has 7 nitrogen and oxygen atoms in total. The average molecular weight is 462 g/mol. The lowest BCUT2D eigenvalue weighted by Gasteiger charge is -2.19. The van der Waals surface area contributed by atoms with Gasteiger partial charge in [-0.1, -0.05) is 18.0 Å². The summed E-state index contributed by atoms with van der Waals surface area (Å²) in [5.41, 5.74) is 4.59. The number of fused-ring (bicyclic) bond motifs is 5. The van der Waals surface area contributed by atoms with Gasteiger partial charge in [-0.2, -0.15) is 0 Å². The van der Waals surface area contributed by atoms with Gasteiger partial charge in [0.15, 0.2) is 17.1 Å². The highest BCUT2D eigenvalue weighted by molar-refractivity contribution is 6.30. The highest BCUT2D eigenvalue weighted by Gasteiger charge is 2.33. The number of likely N-dealkylation sites (N-methyl/N-ethyl adjacent to an activating group) is 1. The second-order valence-electron chi connectivity index (χ2n) is 8.75. The van der Waals surface area contributed by atoms with E-state index in [9.17, 15) is 0 Å². The Hall–Kier alpha value is -3.63. The van der Waals surface area contributed by atoms with Gasteiger partial charge >= 0.3 is 0 Å². The third kappa shape index (κ3) is 4.17. The summed E-state index contributed by atoms with van der Waals surface area (Å²) in [6.45, 7) is 5.26. The number of methoxy groups -OCH3 is 2. The zero-order chi connectivity index (χ0) is 24.5. The van der Waals surface area contributed by atoms with Crippen molar-refractivity contribution < 1.29 is 19.0 Å². The number of hydrogen-bond acceptors (Lipinski definition) is 6. The monoisotopic (exact) mass is 461 g/mol. The van der Waals surface area contributed by atoms with Gasteiger partial charge in [-0.15, -0.1) is 6.42 Å². The SMILES string of the molecule is C#CC(C)(CC)ON=C1c2cc(OC)c(OC)cc2-c2[nH]c3ccc(OCCN(C)C)cc3c21.